The SMILES string of the molecule is O=C(c1cccc(-c2noc(-c3cccc4[nH]ccc34)n2)c1)N1CCOCC1. The van der Waals surface area contributed by atoms with E-state index < -0.39 is 0 Å². The van der Waals surface area contributed by atoms with Crippen LogP contribution in [0.15, 0.2) is 59.3 Å². The lowest BCUT2D eigenvalue weighted by Crippen LogP contribution is -2.40. The Bertz CT molecular complexity index is 1140. The zero-order chi connectivity index (χ0) is 18.9. The minimum Gasteiger partial charge on any atom is -0.378 e. The van der Waals surface area contributed by atoms with E-state index in [9.17, 15) is 4.79 Å². The van der Waals surface area contributed by atoms with Crippen LogP contribution >= 0.6 is 0 Å². The van der Waals surface area contributed by atoms with Gasteiger partial charge in [-0.05, 0) is 30.3 Å². The smallest absolute Gasteiger partial charge is 0.258 e. The Kier molecular flexibility index (Phi) is 4.14. The number of rotatable bonds is 3. The summed E-state index contributed by atoms with van der Waals surface area (Å²) in [6, 6.07) is 15.2. The Hall–Kier alpha value is -3.45. The minimum absolute atomic E-state index is 0.00837. The first-order valence-corrected chi connectivity index (χ1v) is 9.17. The molecule has 140 valence electrons. The molecule has 0 radical (unpaired) electrons. The average Bonchev–Trinajstić information content (AvgIpc) is 3.43. The molecule has 1 saturated heterocycles. The monoisotopic (exact) mass is 374 g/mol. The van der Waals surface area contributed by atoms with Crippen LogP contribution in [0.2, 0.25) is 0 Å². The van der Waals surface area contributed by atoms with Gasteiger partial charge in [-0.25, -0.2) is 0 Å². The largest absolute Gasteiger partial charge is 0.378 e. The maximum absolute atomic E-state index is 12.7. The molecule has 7 heteroatoms. The van der Waals surface area contributed by atoms with Crippen LogP contribution in [0.3, 0.4) is 0 Å². The number of fused-ring (bicyclic) bond motifs is 1. The van der Waals surface area contributed by atoms with Crippen LogP contribution in [0.25, 0.3) is 33.7 Å². The molecule has 0 spiro atoms. The normalized spacial score (nSPS) is 14.5. The Labute approximate surface area is 160 Å². The van der Waals surface area contributed by atoms with Gasteiger partial charge in [0.05, 0.1) is 13.2 Å². The van der Waals surface area contributed by atoms with Gasteiger partial charge in [-0.2, -0.15) is 4.98 Å². The first-order valence-electron chi connectivity index (χ1n) is 9.17. The van der Waals surface area contributed by atoms with Crippen molar-refractivity contribution in [3.8, 4) is 22.8 Å². The number of nitrogens with zero attached hydrogens (tertiary/aromatic N) is 3. The van der Waals surface area contributed by atoms with Gasteiger partial charge < -0.3 is 19.1 Å². The number of amides is 1. The number of morpholine rings is 1. The number of aromatic amines is 1. The molecular weight excluding hydrogens is 356 g/mol. The lowest BCUT2D eigenvalue weighted by molar-refractivity contribution is 0.0303. The van der Waals surface area contributed by atoms with Crippen LogP contribution in [0, 0.1) is 0 Å². The zero-order valence-electron chi connectivity index (χ0n) is 15.1. The summed E-state index contributed by atoms with van der Waals surface area (Å²) in [6.45, 7) is 2.36. The predicted octanol–water partition coefficient (Wildman–Crippen LogP) is 3.36. The van der Waals surface area contributed by atoms with Gasteiger partial charge >= 0.3 is 0 Å². The highest BCUT2D eigenvalue weighted by Gasteiger charge is 2.20. The van der Waals surface area contributed by atoms with Gasteiger partial charge in [-0.3, -0.25) is 4.79 Å². The molecule has 3 heterocycles. The summed E-state index contributed by atoms with van der Waals surface area (Å²) < 4.78 is 10.8. The molecular formula is C21H18N4O3. The zero-order valence-corrected chi connectivity index (χ0v) is 15.1. The maximum atomic E-state index is 12.7. The third-order valence-electron chi connectivity index (χ3n) is 4.92. The van der Waals surface area contributed by atoms with Crippen LogP contribution in [0.5, 0.6) is 0 Å². The van der Waals surface area contributed by atoms with E-state index in [0.717, 1.165) is 22.0 Å². The molecule has 1 aliphatic rings. The third kappa shape index (κ3) is 2.95. The Morgan fingerprint density at radius 3 is 2.82 bits per heavy atom. The molecule has 4 aromatic rings. The molecule has 7 nitrogen and oxygen atoms in total. The van der Waals surface area contributed by atoms with Gasteiger partial charge in [0.2, 0.25) is 5.82 Å². The molecule has 1 fully saturated rings. The van der Waals surface area contributed by atoms with E-state index >= 15 is 0 Å². The fourth-order valence-electron chi connectivity index (χ4n) is 3.46. The van der Waals surface area contributed by atoms with Crippen LogP contribution in [0.1, 0.15) is 10.4 Å². The molecule has 0 unspecified atom stereocenters. The molecule has 5 rings (SSSR count). The molecule has 2 aromatic carbocycles. The minimum atomic E-state index is -0.00837. The lowest BCUT2D eigenvalue weighted by Gasteiger charge is -2.26. The second-order valence-corrected chi connectivity index (χ2v) is 6.65. The lowest BCUT2D eigenvalue weighted by atomic mass is 10.1. The highest BCUT2D eigenvalue weighted by atomic mass is 16.5. The van der Waals surface area contributed by atoms with Crippen LogP contribution in [0.4, 0.5) is 0 Å². The first kappa shape index (κ1) is 16.7. The number of H-pyrrole nitrogens is 1. The highest BCUT2D eigenvalue weighted by molar-refractivity contribution is 5.95. The molecule has 0 aliphatic carbocycles. The molecule has 28 heavy (non-hydrogen) atoms. The number of hydrogen-bond donors (Lipinski definition) is 1. The summed E-state index contributed by atoms with van der Waals surface area (Å²) in [4.78, 5) is 22.3. The van der Waals surface area contributed by atoms with Crippen molar-refractivity contribution in [2.24, 2.45) is 0 Å². The Morgan fingerprint density at radius 1 is 1.07 bits per heavy atom. The highest BCUT2D eigenvalue weighted by Crippen LogP contribution is 2.29. The van der Waals surface area contributed by atoms with Crippen molar-refractivity contribution in [2.45, 2.75) is 0 Å². The van der Waals surface area contributed by atoms with E-state index in [-0.39, 0.29) is 5.91 Å². The topological polar surface area (TPSA) is 84.2 Å². The molecule has 0 saturated carbocycles. The van der Waals surface area contributed by atoms with Gasteiger partial charge in [0, 0.05) is 46.9 Å². The summed E-state index contributed by atoms with van der Waals surface area (Å²) in [7, 11) is 0. The standard InChI is InChI=1S/C21H18N4O3/c26-21(25-9-11-27-12-10-25)15-4-1-3-14(13-15)19-23-20(28-24-19)17-5-2-6-18-16(17)7-8-22-18/h1-8,13,22H,9-12H2. The number of nitrogens with one attached hydrogen (secondary N) is 1. The van der Waals surface area contributed by atoms with Crippen molar-refractivity contribution >= 4 is 16.8 Å². The fourth-order valence-corrected chi connectivity index (χ4v) is 3.46. The summed E-state index contributed by atoms with van der Waals surface area (Å²) >= 11 is 0. The molecule has 2 aromatic heterocycles. The first-order chi connectivity index (χ1) is 13.8. The van der Waals surface area contributed by atoms with E-state index in [1.807, 2.05) is 54.7 Å². The van der Waals surface area contributed by atoms with Crippen LogP contribution in [-0.2, 0) is 4.74 Å². The van der Waals surface area contributed by atoms with Crippen molar-refractivity contribution in [1.82, 2.24) is 20.0 Å². The number of hydrogen-bond acceptors (Lipinski definition) is 5. The van der Waals surface area contributed by atoms with Gasteiger partial charge in [0.25, 0.3) is 11.8 Å². The van der Waals surface area contributed by atoms with Gasteiger partial charge in [0.15, 0.2) is 0 Å². The Balaban J connectivity index is 1.46. The molecule has 1 amide bonds. The predicted molar refractivity (Wildman–Crippen MR) is 104 cm³/mol. The maximum Gasteiger partial charge on any atom is 0.258 e. The second kappa shape index (κ2) is 6.94. The quantitative estimate of drug-likeness (QED) is 0.594. The average molecular weight is 374 g/mol. The number of ether oxygens (including phenoxy) is 1. The molecule has 1 aliphatic heterocycles. The Morgan fingerprint density at radius 2 is 1.93 bits per heavy atom. The van der Waals surface area contributed by atoms with Crippen molar-refractivity contribution in [3.05, 3.63) is 60.3 Å². The van der Waals surface area contributed by atoms with Crippen molar-refractivity contribution in [3.63, 3.8) is 0 Å². The summed E-state index contributed by atoms with van der Waals surface area (Å²) in [5.41, 5.74) is 3.24. The molecule has 0 atom stereocenters. The summed E-state index contributed by atoms with van der Waals surface area (Å²) in [6.07, 6.45) is 1.88. The van der Waals surface area contributed by atoms with E-state index in [1.165, 1.54) is 0 Å². The van der Waals surface area contributed by atoms with Gasteiger partial charge in [0.1, 0.15) is 0 Å². The van der Waals surface area contributed by atoms with E-state index in [4.69, 9.17) is 9.26 Å². The number of benzene rings is 2. The number of carbonyl (C=O) groups is 1. The number of carbonyl (C=O) groups excluding carboxylic acids is 1. The van der Waals surface area contributed by atoms with Crippen molar-refractivity contribution in [1.29, 1.82) is 0 Å². The van der Waals surface area contributed by atoms with E-state index in [1.54, 1.807) is 4.90 Å². The summed E-state index contributed by atoms with van der Waals surface area (Å²) in [5.74, 6) is 0.898. The molecule has 1 N–H and O–H groups in total. The van der Waals surface area contributed by atoms with Gasteiger partial charge in [-0.1, -0.05) is 23.4 Å². The van der Waals surface area contributed by atoms with Gasteiger partial charge in [-0.15, -0.1) is 0 Å². The number of aromatic nitrogens is 3. The van der Waals surface area contributed by atoms with E-state index in [0.29, 0.717) is 43.6 Å². The van der Waals surface area contributed by atoms with Crippen LogP contribution < -0.4 is 0 Å². The van der Waals surface area contributed by atoms with Crippen molar-refractivity contribution in [2.75, 3.05) is 26.3 Å². The summed E-state index contributed by atoms with van der Waals surface area (Å²) in [5, 5.41) is 5.15. The molecule has 0 bridgehead atoms. The second-order valence-electron chi connectivity index (χ2n) is 6.65. The third-order valence-corrected chi connectivity index (χ3v) is 4.92. The van der Waals surface area contributed by atoms with E-state index in [2.05, 4.69) is 15.1 Å². The van der Waals surface area contributed by atoms with Crippen LogP contribution in [-0.4, -0.2) is 52.2 Å². The fraction of sp³-hybridized carbons (Fsp3) is 0.190. The van der Waals surface area contributed by atoms with Crippen molar-refractivity contribution < 1.29 is 14.1 Å².